The molecule has 1 fully saturated rings. The normalized spacial score (nSPS) is 15.0. The smallest absolute Gasteiger partial charge is 0.240 e. The van der Waals surface area contributed by atoms with Crippen molar-refractivity contribution in [3.8, 4) is 0 Å². The van der Waals surface area contributed by atoms with Gasteiger partial charge in [0.15, 0.2) is 0 Å². The van der Waals surface area contributed by atoms with Gasteiger partial charge in [0, 0.05) is 43.5 Å². The van der Waals surface area contributed by atoms with E-state index in [9.17, 15) is 13.2 Å². The molecule has 1 saturated heterocycles. The number of amides is 1. The third-order valence-electron chi connectivity index (χ3n) is 3.93. The first-order valence-corrected chi connectivity index (χ1v) is 9.34. The standard InChI is InChI=1S/C17H19N3O3S/c21-17-5-3-13-20(17)15-6-8-16(9-7-15)24(22,23)19-12-10-14-4-1-2-11-18-14/h1-2,4,6-9,11,19H,3,5,10,12-13H2. The van der Waals surface area contributed by atoms with Crippen LogP contribution in [-0.4, -0.2) is 32.4 Å². The second-order valence-electron chi connectivity index (χ2n) is 5.61. The van der Waals surface area contributed by atoms with Crippen molar-refractivity contribution in [2.45, 2.75) is 24.2 Å². The molecule has 24 heavy (non-hydrogen) atoms. The van der Waals surface area contributed by atoms with E-state index in [-0.39, 0.29) is 17.3 Å². The highest BCUT2D eigenvalue weighted by Crippen LogP contribution is 2.22. The molecule has 1 aromatic heterocycles. The summed E-state index contributed by atoms with van der Waals surface area (Å²) in [4.78, 5) is 17.8. The summed E-state index contributed by atoms with van der Waals surface area (Å²) in [5.41, 5.74) is 1.58. The molecule has 2 heterocycles. The number of hydrogen-bond donors (Lipinski definition) is 1. The SMILES string of the molecule is O=C1CCCN1c1ccc(S(=O)(=O)NCCc2ccccn2)cc1. The van der Waals surface area contributed by atoms with Crippen LogP contribution in [0.4, 0.5) is 5.69 Å². The van der Waals surface area contributed by atoms with Crippen LogP contribution >= 0.6 is 0 Å². The van der Waals surface area contributed by atoms with E-state index in [0.29, 0.717) is 19.4 Å². The van der Waals surface area contributed by atoms with E-state index in [1.54, 1.807) is 23.2 Å². The third-order valence-corrected chi connectivity index (χ3v) is 5.41. The Morgan fingerprint density at radius 2 is 1.92 bits per heavy atom. The van der Waals surface area contributed by atoms with Crippen LogP contribution in [0.2, 0.25) is 0 Å². The zero-order valence-corrected chi connectivity index (χ0v) is 14.0. The fourth-order valence-corrected chi connectivity index (χ4v) is 3.70. The Labute approximate surface area is 141 Å². The molecule has 0 atom stereocenters. The number of hydrogen-bond acceptors (Lipinski definition) is 4. The minimum absolute atomic E-state index is 0.0825. The lowest BCUT2D eigenvalue weighted by atomic mass is 10.3. The number of nitrogens with zero attached hydrogens (tertiary/aromatic N) is 2. The molecule has 6 nitrogen and oxygen atoms in total. The van der Waals surface area contributed by atoms with Crippen LogP contribution in [0.25, 0.3) is 0 Å². The van der Waals surface area contributed by atoms with Crippen LogP contribution in [-0.2, 0) is 21.2 Å². The van der Waals surface area contributed by atoms with E-state index in [4.69, 9.17) is 0 Å². The Hall–Kier alpha value is -2.25. The molecule has 3 rings (SSSR count). The van der Waals surface area contributed by atoms with Gasteiger partial charge in [0.25, 0.3) is 0 Å². The average Bonchev–Trinajstić information content (AvgIpc) is 3.02. The van der Waals surface area contributed by atoms with Crippen molar-refractivity contribution in [2.75, 3.05) is 18.0 Å². The minimum Gasteiger partial charge on any atom is -0.312 e. The Morgan fingerprint density at radius 3 is 2.54 bits per heavy atom. The quantitative estimate of drug-likeness (QED) is 0.865. The summed E-state index contributed by atoms with van der Waals surface area (Å²) in [5.74, 6) is 0.0825. The first-order valence-electron chi connectivity index (χ1n) is 7.86. The van der Waals surface area contributed by atoms with E-state index >= 15 is 0 Å². The molecule has 0 aliphatic carbocycles. The van der Waals surface area contributed by atoms with Crippen LogP contribution < -0.4 is 9.62 Å². The van der Waals surface area contributed by atoms with Gasteiger partial charge >= 0.3 is 0 Å². The maximum absolute atomic E-state index is 12.3. The molecular weight excluding hydrogens is 326 g/mol. The Balaban J connectivity index is 1.63. The van der Waals surface area contributed by atoms with Crippen molar-refractivity contribution in [2.24, 2.45) is 0 Å². The van der Waals surface area contributed by atoms with Crippen LogP contribution in [0.5, 0.6) is 0 Å². The summed E-state index contributed by atoms with van der Waals surface area (Å²) in [7, 11) is -3.57. The summed E-state index contributed by atoms with van der Waals surface area (Å²) in [6.45, 7) is 0.971. The van der Waals surface area contributed by atoms with Crippen LogP contribution in [0, 0.1) is 0 Å². The van der Waals surface area contributed by atoms with Crippen LogP contribution in [0.15, 0.2) is 53.6 Å². The van der Waals surface area contributed by atoms with Gasteiger partial charge in [-0.05, 0) is 42.8 Å². The second kappa shape index (κ2) is 7.11. The van der Waals surface area contributed by atoms with E-state index in [0.717, 1.165) is 17.8 Å². The van der Waals surface area contributed by atoms with Crippen molar-refractivity contribution in [3.05, 3.63) is 54.4 Å². The molecule has 7 heteroatoms. The first-order chi connectivity index (χ1) is 11.6. The predicted molar refractivity (Wildman–Crippen MR) is 91.2 cm³/mol. The van der Waals surface area contributed by atoms with Crippen LogP contribution in [0.1, 0.15) is 18.5 Å². The van der Waals surface area contributed by atoms with E-state index in [1.165, 1.54) is 12.1 Å². The number of aromatic nitrogens is 1. The van der Waals surface area contributed by atoms with Gasteiger partial charge in [-0.25, -0.2) is 13.1 Å². The Kier molecular flexibility index (Phi) is 4.92. The summed E-state index contributed by atoms with van der Waals surface area (Å²) in [5, 5.41) is 0. The molecular formula is C17H19N3O3S. The molecule has 0 unspecified atom stereocenters. The lowest BCUT2D eigenvalue weighted by molar-refractivity contribution is -0.117. The van der Waals surface area contributed by atoms with Gasteiger partial charge < -0.3 is 4.90 Å². The lowest BCUT2D eigenvalue weighted by Gasteiger charge is -2.16. The summed E-state index contributed by atoms with van der Waals surface area (Å²) in [6, 6.07) is 12.0. The topological polar surface area (TPSA) is 79.4 Å². The number of nitrogens with one attached hydrogen (secondary N) is 1. The number of rotatable bonds is 6. The highest BCUT2D eigenvalue weighted by molar-refractivity contribution is 7.89. The number of carbonyl (C=O) groups is 1. The molecule has 126 valence electrons. The lowest BCUT2D eigenvalue weighted by Crippen LogP contribution is -2.26. The van der Waals surface area contributed by atoms with Crippen molar-refractivity contribution in [1.29, 1.82) is 0 Å². The molecule has 0 spiro atoms. The van der Waals surface area contributed by atoms with E-state index in [1.807, 2.05) is 18.2 Å². The Bertz CT molecular complexity index is 805. The van der Waals surface area contributed by atoms with Crippen molar-refractivity contribution < 1.29 is 13.2 Å². The molecule has 0 bridgehead atoms. The zero-order chi connectivity index (χ0) is 17.0. The average molecular weight is 345 g/mol. The van der Waals surface area contributed by atoms with Crippen molar-refractivity contribution in [3.63, 3.8) is 0 Å². The number of pyridine rings is 1. The number of sulfonamides is 1. The third kappa shape index (κ3) is 3.80. The van der Waals surface area contributed by atoms with Gasteiger partial charge in [0.2, 0.25) is 15.9 Å². The summed E-state index contributed by atoms with van der Waals surface area (Å²) in [6.07, 6.45) is 3.60. The summed E-state index contributed by atoms with van der Waals surface area (Å²) >= 11 is 0. The number of anilines is 1. The van der Waals surface area contributed by atoms with Crippen molar-refractivity contribution in [1.82, 2.24) is 9.71 Å². The number of carbonyl (C=O) groups excluding carboxylic acids is 1. The van der Waals surface area contributed by atoms with Gasteiger partial charge in [0.1, 0.15) is 0 Å². The monoisotopic (exact) mass is 345 g/mol. The van der Waals surface area contributed by atoms with Gasteiger partial charge in [-0.1, -0.05) is 6.07 Å². The fourth-order valence-electron chi connectivity index (χ4n) is 2.67. The predicted octanol–water partition coefficient (Wildman–Crippen LogP) is 1.73. The molecule has 0 radical (unpaired) electrons. The first kappa shape index (κ1) is 16.6. The van der Waals surface area contributed by atoms with Gasteiger partial charge in [-0.3, -0.25) is 9.78 Å². The molecule has 0 saturated carbocycles. The molecule has 1 aliphatic heterocycles. The Morgan fingerprint density at radius 1 is 1.12 bits per heavy atom. The summed E-state index contributed by atoms with van der Waals surface area (Å²) < 4.78 is 27.2. The number of benzene rings is 1. The van der Waals surface area contributed by atoms with Gasteiger partial charge in [0.05, 0.1) is 4.90 Å². The maximum atomic E-state index is 12.3. The van der Waals surface area contributed by atoms with Gasteiger partial charge in [-0.15, -0.1) is 0 Å². The maximum Gasteiger partial charge on any atom is 0.240 e. The van der Waals surface area contributed by atoms with Crippen LogP contribution in [0.3, 0.4) is 0 Å². The second-order valence-corrected chi connectivity index (χ2v) is 7.38. The molecule has 1 aliphatic rings. The highest BCUT2D eigenvalue weighted by atomic mass is 32.2. The van der Waals surface area contributed by atoms with Gasteiger partial charge in [-0.2, -0.15) is 0 Å². The molecule has 1 N–H and O–H groups in total. The van der Waals surface area contributed by atoms with E-state index in [2.05, 4.69) is 9.71 Å². The molecule has 2 aromatic rings. The minimum atomic E-state index is -3.57. The fraction of sp³-hybridized carbons (Fsp3) is 0.294. The zero-order valence-electron chi connectivity index (χ0n) is 13.2. The largest absolute Gasteiger partial charge is 0.312 e. The molecule has 1 aromatic carbocycles. The van der Waals surface area contributed by atoms with Crippen molar-refractivity contribution >= 4 is 21.6 Å². The van der Waals surface area contributed by atoms with E-state index < -0.39 is 10.0 Å². The molecule has 1 amide bonds. The highest BCUT2D eigenvalue weighted by Gasteiger charge is 2.22.